The van der Waals surface area contributed by atoms with Gasteiger partial charge in [-0.1, -0.05) is 6.92 Å². The van der Waals surface area contributed by atoms with Crippen molar-refractivity contribution in [1.82, 2.24) is 0 Å². The second-order valence-electron chi connectivity index (χ2n) is 1.76. The van der Waals surface area contributed by atoms with Crippen molar-refractivity contribution in [3.63, 3.8) is 0 Å². The van der Waals surface area contributed by atoms with Gasteiger partial charge in [-0.15, -0.1) is 10.8 Å². The molecule has 1 saturated heterocycles. The van der Waals surface area contributed by atoms with Crippen LogP contribution in [0, 0.1) is 5.92 Å². The summed E-state index contributed by atoms with van der Waals surface area (Å²) < 4.78 is 0. The van der Waals surface area contributed by atoms with Gasteiger partial charge < -0.3 is 0 Å². The Kier molecular flexibility index (Phi) is 1.72. The fourth-order valence-corrected chi connectivity index (χ4v) is 4.15. The van der Waals surface area contributed by atoms with Crippen LogP contribution < -0.4 is 0 Å². The van der Waals surface area contributed by atoms with Crippen molar-refractivity contribution in [1.29, 1.82) is 0 Å². The highest BCUT2D eigenvalue weighted by molar-refractivity contribution is 8.77. The largest absolute Gasteiger partial charge is 0.217 e. The van der Waals surface area contributed by atoms with Crippen LogP contribution >= 0.6 is 21.6 Å². The molecule has 1 heterocycles. The highest BCUT2D eigenvalue weighted by Gasteiger charge is 2.06. The van der Waals surface area contributed by atoms with Gasteiger partial charge in [-0.25, -0.2) is 10.8 Å². The molecule has 1 aliphatic rings. The van der Waals surface area contributed by atoms with Crippen molar-refractivity contribution < 1.29 is 0 Å². The third-order valence-electron chi connectivity index (χ3n) is 0.902. The van der Waals surface area contributed by atoms with Crippen LogP contribution in [0.25, 0.3) is 0 Å². The Morgan fingerprint density at radius 2 is 2.67 bits per heavy atom. The Morgan fingerprint density at radius 1 is 1.83 bits per heavy atom. The highest BCUT2D eigenvalue weighted by Crippen LogP contribution is 2.33. The zero-order chi connectivity index (χ0) is 4.41. The molecule has 6 heavy (non-hydrogen) atoms. The molecular formula is C4H10S2. The minimum atomic E-state index is 1.02. The van der Waals surface area contributed by atoms with E-state index in [0.29, 0.717) is 0 Å². The second-order valence-corrected chi connectivity index (χ2v) is 4.82. The molecule has 1 rings (SSSR count). The number of hydrogen-bond acceptors (Lipinski definition) is 1. The van der Waals surface area contributed by atoms with Crippen molar-refractivity contribution in [2.45, 2.75) is 6.92 Å². The minimum absolute atomic E-state index is 1.02. The van der Waals surface area contributed by atoms with E-state index in [1.54, 1.807) is 0 Å². The standard InChI is InChI=1S/C4H10S2/c1-4-2-5-6-3-4/h4H,2-3,5H2,1H3/t4-/m1/s1. The van der Waals surface area contributed by atoms with Gasteiger partial charge in [0.25, 0.3) is 0 Å². The predicted molar refractivity (Wildman–Crippen MR) is 36.9 cm³/mol. The molecule has 1 fully saturated rings. The zero-order valence-corrected chi connectivity index (χ0v) is 5.72. The summed E-state index contributed by atoms with van der Waals surface area (Å²) in [6.07, 6.45) is 0. The molecular weight excluding hydrogens is 112 g/mol. The Morgan fingerprint density at radius 3 is 2.83 bits per heavy atom. The van der Waals surface area contributed by atoms with E-state index in [2.05, 4.69) is 17.7 Å². The fourth-order valence-electron chi connectivity index (χ4n) is 0.461. The molecule has 0 spiro atoms. The lowest BCUT2D eigenvalue weighted by molar-refractivity contribution is 0.775. The molecule has 0 amide bonds. The lowest BCUT2D eigenvalue weighted by Crippen LogP contribution is -1.90. The average Bonchev–Trinajstić information content (AvgIpc) is 1.86. The van der Waals surface area contributed by atoms with Gasteiger partial charge in [0.2, 0.25) is 0 Å². The van der Waals surface area contributed by atoms with E-state index in [4.69, 9.17) is 0 Å². The van der Waals surface area contributed by atoms with Crippen LogP contribution in [0.1, 0.15) is 6.92 Å². The summed E-state index contributed by atoms with van der Waals surface area (Å²) in [7, 11) is 3.32. The lowest BCUT2D eigenvalue weighted by Gasteiger charge is -1.89. The molecule has 0 saturated carbocycles. The van der Waals surface area contributed by atoms with Gasteiger partial charge in [-0.05, 0) is 11.7 Å². The zero-order valence-electron chi connectivity index (χ0n) is 3.90. The monoisotopic (exact) mass is 122 g/mol. The molecule has 0 unspecified atom stereocenters. The molecule has 2 heteroatoms. The van der Waals surface area contributed by atoms with Gasteiger partial charge in [-0.2, -0.15) is 0 Å². The molecule has 38 valence electrons. The SMILES string of the molecule is C[C@H]1CS[SH2]C1. The van der Waals surface area contributed by atoms with Crippen LogP contribution in [-0.2, 0) is 0 Å². The Labute approximate surface area is 46.5 Å². The molecule has 0 aliphatic carbocycles. The maximum absolute atomic E-state index is 2.33. The summed E-state index contributed by atoms with van der Waals surface area (Å²) in [6.45, 7) is 2.33. The first-order chi connectivity index (χ1) is 2.89. The topological polar surface area (TPSA) is 0 Å². The summed E-state index contributed by atoms with van der Waals surface area (Å²) in [5, 5.41) is 0. The Bertz CT molecular complexity index is 38.8. The normalized spacial score (nSPS) is 41.2. The van der Waals surface area contributed by atoms with E-state index in [9.17, 15) is 0 Å². The predicted octanol–water partition coefficient (Wildman–Crippen LogP) is 1.48. The van der Waals surface area contributed by atoms with E-state index in [0.717, 1.165) is 5.92 Å². The van der Waals surface area contributed by atoms with Gasteiger partial charge in [-0.3, -0.25) is 0 Å². The molecule has 0 bridgehead atoms. The summed E-state index contributed by atoms with van der Waals surface area (Å²) >= 11 is 0. The Balaban J connectivity index is 2.18. The van der Waals surface area contributed by atoms with Crippen molar-refractivity contribution in [3.8, 4) is 0 Å². The maximum Gasteiger partial charge on any atom is 0.00508 e. The van der Waals surface area contributed by atoms with E-state index >= 15 is 0 Å². The molecule has 0 radical (unpaired) electrons. The van der Waals surface area contributed by atoms with Crippen LogP contribution in [-0.4, -0.2) is 11.5 Å². The van der Waals surface area contributed by atoms with E-state index in [1.165, 1.54) is 22.3 Å². The molecule has 0 aromatic carbocycles. The van der Waals surface area contributed by atoms with Crippen molar-refractivity contribution in [2.24, 2.45) is 5.92 Å². The minimum Gasteiger partial charge on any atom is -0.217 e. The third-order valence-corrected chi connectivity index (χ3v) is 4.32. The van der Waals surface area contributed by atoms with E-state index in [1.807, 2.05) is 0 Å². The summed E-state index contributed by atoms with van der Waals surface area (Å²) in [4.78, 5) is 0. The molecule has 1 aliphatic heterocycles. The fraction of sp³-hybridized carbons (Fsp3) is 1.00. The van der Waals surface area contributed by atoms with Crippen LogP contribution in [0.4, 0.5) is 0 Å². The molecule has 0 aromatic heterocycles. The van der Waals surface area contributed by atoms with Gasteiger partial charge in [0.15, 0.2) is 0 Å². The third kappa shape index (κ3) is 1.09. The van der Waals surface area contributed by atoms with Crippen LogP contribution in [0.3, 0.4) is 0 Å². The smallest absolute Gasteiger partial charge is 0.00508 e. The lowest BCUT2D eigenvalue weighted by atomic mass is 10.3. The van der Waals surface area contributed by atoms with Crippen LogP contribution in [0.5, 0.6) is 0 Å². The first-order valence-electron chi connectivity index (χ1n) is 2.24. The quantitative estimate of drug-likeness (QED) is 0.439. The second kappa shape index (κ2) is 2.12. The summed E-state index contributed by atoms with van der Waals surface area (Å²) in [6, 6.07) is 0. The van der Waals surface area contributed by atoms with Gasteiger partial charge in [0.1, 0.15) is 0 Å². The van der Waals surface area contributed by atoms with Crippen LogP contribution in [0.2, 0.25) is 0 Å². The number of rotatable bonds is 0. The average molecular weight is 122 g/mol. The first-order valence-corrected chi connectivity index (χ1v) is 5.16. The van der Waals surface area contributed by atoms with E-state index in [-0.39, 0.29) is 0 Å². The van der Waals surface area contributed by atoms with Crippen molar-refractivity contribution in [3.05, 3.63) is 0 Å². The van der Waals surface area contributed by atoms with Gasteiger partial charge in [0, 0.05) is 5.75 Å². The number of hydrogen-bond donors (Lipinski definition) is 0. The highest BCUT2D eigenvalue weighted by atomic mass is 33.1. The van der Waals surface area contributed by atoms with Crippen LogP contribution in [0.15, 0.2) is 0 Å². The summed E-state index contributed by atoms with van der Waals surface area (Å²) in [5.74, 6) is 3.91. The molecule has 1 atom stereocenters. The Hall–Kier alpha value is 0.700. The maximum atomic E-state index is 2.33. The first kappa shape index (κ1) is 4.85. The molecule has 0 nitrogen and oxygen atoms in total. The molecule has 0 N–H and O–H groups in total. The van der Waals surface area contributed by atoms with E-state index < -0.39 is 0 Å². The summed E-state index contributed by atoms with van der Waals surface area (Å²) in [5.41, 5.74) is 0. The molecule has 0 aromatic rings. The van der Waals surface area contributed by atoms with Gasteiger partial charge in [0.05, 0.1) is 0 Å². The van der Waals surface area contributed by atoms with Crippen molar-refractivity contribution >= 4 is 21.6 Å². The van der Waals surface area contributed by atoms with Gasteiger partial charge >= 0.3 is 0 Å². The van der Waals surface area contributed by atoms with Crippen molar-refractivity contribution in [2.75, 3.05) is 11.5 Å².